The summed E-state index contributed by atoms with van der Waals surface area (Å²) in [5, 5.41) is 13.1. The molecule has 0 radical (unpaired) electrons. The van der Waals surface area contributed by atoms with E-state index in [2.05, 4.69) is 54.6 Å². The van der Waals surface area contributed by atoms with Gasteiger partial charge >= 0.3 is 0 Å². The van der Waals surface area contributed by atoms with Crippen LogP contribution in [0.3, 0.4) is 0 Å². The van der Waals surface area contributed by atoms with Gasteiger partial charge in [-0.05, 0) is 55.7 Å². The Morgan fingerprint density at radius 2 is 1.76 bits per heavy atom. The van der Waals surface area contributed by atoms with Crippen LogP contribution in [0.1, 0.15) is 24.8 Å². The van der Waals surface area contributed by atoms with Gasteiger partial charge in [0.1, 0.15) is 5.69 Å². The van der Waals surface area contributed by atoms with Gasteiger partial charge in [-0.3, -0.25) is 10.1 Å². The van der Waals surface area contributed by atoms with Crippen LogP contribution in [0, 0.1) is 0 Å². The molecule has 6 rings (SSSR count). The maximum Gasteiger partial charge on any atom is 0.159 e. The lowest BCUT2D eigenvalue weighted by atomic mass is 10.1. The normalized spacial score (nSPS) is 14.2. The molecule has 0 atom stereocenters. The van der Waals surface area contributed by atoms with E-state index < -0.39 is 0 Å². The average Bonchev–Trinajstić information content (AvgIpc) is 3.47. The number of rotatable bonds is 5. The SMILES string of the molecule is Clc1cncc(Cl)c1CNc1ccc2[nH]nc(-c3nc4ccc(N5CCCCC5)cc4[nH]3)c2c1. The highest BCUT2D eigenvalue weighted by Crippen LogP contribution is 2.31. The second-order valence-electron chi connectivity index (χ2n) is 8.60. The van der Waals surface area contributed by atoms with Crippen LogP contribution in [0.15, 0.2) is 48.8 Å². The maximum absolute atomic E-state index is 6.26. The number of anilines is 2. The van der Waals surface area contributed by atoms with Crippen LogP contribution in [0.4, 0.5) is 11.4 Å². The van der Waals surface area contributed by atoms with E-state index in [-0.39, 0.29) is 0 Å². The molecular formula is C25H23Cl2N7. The van der Waals surface area contributed by atoms with Crippen molar-refractivity contribution in [1.29, 1.82) is 0 Å². The van der Waals surface area contributed by atoms with E-state index in [4.69, 9.17) is 28.2 Å². The van der Waals surface area contributed by atoms with E-state index in [1.54, 1.807) is 12.4 Å². The third-order valence-electron chi connectivity index (χ3n) is 6.40. The van der Waals surface area contributed by atoms with E-state index in [1.807, 2.05) is 12.1 Å². The van der Waals surface area contributed by atoms with Gasteiger partial charge in [0.2, 0.25) is 0 Å². The first-order valence-electron chi connectivity index (χ1n) is 11.4. The molecule has 0 aliphatic carbocycles. The zero-order chi connectivity index (χ0) is 23.1. The number of halogens is 2. The molecule has 0 amide bonds. The van der Waals surface area contributed by atoms with E-state index in [1.165, 1.54) is 24.9 Å². The molecule has 4 heterocycles. The molecule has 0 saturated carbocycles. The van der Waals surface area contributed by atoms with E-state index in [0.29, 0.717) is 16.6 Å². The van der Waals surface area contributed by atoms with Gasteiger partial charge in [-0.25, -0.2) is 4.98 Å². The van der Waals surface area contributed by atoms with E-state index in [9.17, 15) is 0 Å². The molecule has 34 heavy (non-hydrogen) atoms. The number of pyridine rings is 1. The van der Waals surface area contributed by atoms with E-state index in [0.717, 1.165) is 57.8 Å². The summed E-state index contributed by atoms with van der Waals surface area (Å²) < 4.78 is 0. The summed E-state index contributed by atoms with van der Waals surface area (Å²) in [6.45, 7) is 2.72. The Balaban J connectivity index is 1.30. The maximum atomic E-state index is 6.26. The molecule has 1 aliphatic heterocycles. The fourth-order valence-electron chi connectivity index (χ4n) is 4.56. The first-order valence-corrected chi connectivity index (χ1v) is 12.2. The number of nitrogens with zero attached hydrogens (tertiary/aromatic N) is 4. The van der Waals surface area contributed by atoms with Gasteiger partial charge in [-0.2, -0.15) is 5.10 Å². The molecule has 0 spiro atoms. The Morgan fingerprint density at radius 3 is 2.59 bits per heavy atom. The summed E-state index contributed by atoms with van der Waals surface area (Å²) in [6.07, 6.45) is 7.02. The number of aromatic amines is 2. The number of H-pyrrole nitrogens is 2. The minimum Gasteiger partial charge on any atom is -0.381 e. The summed E-state index contributed by atoms with van der Waals surface area (Å²) in [4.78, 5) is 14.8. The highest BCUT2D eigenvalue weighted by atomic mass is 35.5. The summed E-state index contributed by atoms with van der Waals surface area (Å²) in [7, 11) is 0. The van der Waals surface area contributed by atoms with Gasteiger partial charge in [0.05, 0.1) is 26.6 Å². The van der Waals surface area contributed by atoms with Crippen LogP contribution >= 0.6 is 23.2 Å². The van der Waals surface area contributed by atoms with Crippen molar-refractivity contribution in [3.05, 3.63) is 64.4 Å². The van der Waals surface area contributed by atoms with Crippen molar-refractivity contribution in [3.63, 3.8) is 0 Å². The van der Waals surface area contributed by atoms with Crippen molar-refractivity contribution in [2.24, 2.45) is 0 Å². The molecule has 172 valence electrons. The molecule has 7 nitrogen and oxygen atoms in total. The lowest BCUT2D eigenvalue weighted by molar-refractivity contribution is 0.578. The lowest BCUT2D eigenvalue weighted by Gasteiger charge is -2.28. The molecule has 9 heteroatoms. The van der Waals surface area contributed by atoms with Crippen LogP contribution in [-0.4, -0.2) is 38.2 Å². The third kappa shape index (κ3) is 3.95. The Hall–Kier alpha value is -3.29. The predicted octanol–water partition coefficient (Wildman–Crippen LogP) is 6.41. The van der Waals surface area contributed by atoms with Gasteiger partial charge in [0, 0.05) is 54.4 Å². The number of piperidine rings is 1. The van der Waals surface area contributed by atoms with Crippen LogP contribution < -0.4 is 10.2 Å². The molecule has 2 aromatic carbocycles. The highest BCUT2D eigenvalue weighted by molar-refractivity contribution is 6.35. The molecule has 5 aromatic rings. The first kappa shape index (κ1) is 21.3. The summed E-state index contributed by atoms with van der Waals surface area (Å²) in [5.41, 5.74) is 6.67. The van der Waals surface area contributed by atoms with Crippen molar-refractivity contribution in [2.45, 2.75) is 25.8 Å². The van der Waals surface area contributed by atoms with Gasteiger partial charge in [-0.15, -0.1) is 0 Å². The van der Waals surface area contributed by atoms with Crippen LogP contribution in [0.25, 0.3) is 33.5 Å². The third-order valence-corrected chi connectivity index (χ3v) is 7.05. The topological polar surface area (TPSA) is 85.5 Å². The number of hydrogen-bond donors (Lipinski definition) is 3. The summed E-state index contributed by atoms with van der Waals surface area (Å²) in [6, 6.07) is 12.5. The minimum absolute atomic E-state index is 0.489. The number of aromatic nitrogens is 5. The van der Waals surface area contributed by atoms with Crippen molar-refractivity contribution >= 4 is 56.5 Å². The average molecular weight is 492 g/mol. The molecule has 3 N–H and O–H groups in total. The molecular weight excluding hydrogens is 469 g/mol. The van der Waals surface area contributed by atoms with E-state index >= 15 is 0 Å². The van der Waals surface area contributed by atoms with Crippen LogP contribution in [0.2, 0.25) is 10.0 Å². The van der Waals surface area contributed by atoms with Crippen LogP contribution in [-0.2, 0) is 6.54 Å². The zero-order valence-corrected chi connectivity index (χ0v) is 19.9. The first-order chi connectivity index (χ1) is 16.7. The van der Waals surface area contributed by atoms with Crippen molar-refractivity contribution in [3.8, 4) is 11.5 Å². The van der Waals surface area contributed by atoms with Gasteiger partial charge in [0.15, 0.2) is 5.82 Å². The van der Waals surface area contributed by atoms with Gasteiger partial charge in [-0.1, -0.05) is 23.2 Å². The van der Waals surface area contributed by atoms with Crippen molar-refractivity contribution in [2.75, 3.05) is 23.3 Å². The number of benzene rings is 2. The fraction of sp³-hybridized carbons (Fsp3) is 0.240. The Bertz CT molecular complexity index is 1460. The van der Waals surface area contributed by atoms with Gasteiger partial charge in [0.25, 0.3) is 0 Å². The minimum atomic E-state index is 0.489. The lowest BCUT2D eigenvalue weighted by Crippen LogP contribution is -2.29. The van der Waals surface area contributed by atoms with Crippen LogP contribution in [0.5, 0.6) is 0 Å². The summed E-state index contributed by atoms with van der Waals surface area (Å²) in [5.74, 6) is 0.745. The molecule has 3 aromatic heterocycles. The predicted molar refractivity (Wildman–Crippen MR) is 139 cm³/mol. The van der Waals surface area contributed by atoms with Crippen molar-refractivity contribution in [1.82, 2.24) is 25.1 Å². The quantitative estimate of drug-likeness (QED) is 0.264. The Morgan fingerprint density at radius 1 is 0.941 bits per heavy atom. The molecule has 1 fully saturated rings. The Labute approximate surface area is 206 Å². The Kier molecular flexibility index (Phi) is 5.51. The second-order valence-corrected chi connectivity index (χ2v) is 9.42. The molecule has 0 unspecified atom stereocenters. The number of nitrogens with one attached hydrogen (secondary N) is 3. The summed E-state index contributed by atoms with van der Waals surface area (Å²) >= 11 is 12.5. The monoisotopic (exact) mass is 491 g/mol. The van der Waals surface area contributed by atoms with Crippen molar-refractivity contribution < 1.29 is 0 Å². The number of hydrogen-bond acceptors (Lipinski definition) is 5. The molecule has 1 saturated heterocycles. The molecule has 0 bridgehead atoms. The highest BCUT2D eigenvalue weighted by Gasteiger charge is 2.16. The fourth-order valence-corrected chi connectivity index (χ4v) is 5.06. The van der Waals surface area contributed by atoms with Gasteiger partial charge < -0.3 is 15.2 Å². The number of imidazole rings is 1. The largest absolute Gasteiger partial charge is 0.381 e. The zero-order valence-electron chi connectivity index (χ0n) is 18.4. The standard InChI is InChI=1S/C25H23Cl2N7/c26-19-13-28-14-20(27)18(19)12-29-15-4-6-21-17(10-15)24(33-32-21)25-30-22-7-5-16(11-23(22)31-25)34-8-2-1-3-9-34/h4-7,10-11,13-14,29H,1-3,8-9,12H2,(H,30,31)(H,32,33). The smallest absolute Gasteiger partial charge is 0.159 e. The number of fused-ring (bicyclic) bond motifs is 2. The molecule has 1 aliphatic rings. The second kappa shape index (κ2) is 8.81.